The molecular formula is C26H15NO3S. The van der Waals surface area contributed by atoms with Crippen molar-refractivity contribution in [2.45, 2.75) is 0 Å². The predicted octanol–water partition coefficient (Wildman–Crippen LogP) is 6.79. The molecule has 1 aliphatic carbocycles. The Labute approximate surface area is 182 Å². The van der Waals surface area contributed by atoms with Crippen molar-refractivity contribution in [3.8, 4) is 11.5 Å². The van der Waals surface area contributed by atoms with Gasteiger partial charge in [-0.15, -0.1) is 11.3 Å². The van der Waals surface area contributed by atoms with E-state index in [2.05, 4.69) is 4.90 Å². The van der Waals surface area contributed by atoms with E-state index in [-0.39, 0.29) is 17.1 Å². The van der Waals surface area contributed by atoms with E-state index in [4.69, 9.17) is 4.74 Å². The number of carbonyl (C=O) groups is 2. The van der Waals surface area contributed by atoms with Crippen LogP contribution < -0.4 is 9.64 Å². The first-order valence-corrected chi connectivity index (χ1v) is 10.7. The average molecular weight is 421 g/mol. The van der Waals surface area contributed by atoms with Crippen LogP contribution in [-0.4, -0.2) is 11.6 Å². The lowest BCUT2D eigenvalue weighted by molar-refractivity contribution is 0.0990. The fraction of sp³-hybridized carbons (Fsp3) is 0. The molecule has 0 spiro atoms. The van der Waals surface area contributed by atoms with Gasteiger partial charge in [-0.1, -0.05) is 48.5 Å². The molecule has 0 bridgehead atoms. The number of thiophene rings is 1. The third kappa shape index (κ3) is 2.75. The number of Topliss-reactive ketones (excluding diaryl/α,β-unsaturated/α-hetero) is 2. The normalized spacial score (nSPS) is 14.1. The fourth-order valence-electron chi connectivity index (χ4n) is 4.03. The van der Waals surface area contributed by atoms with Crippen molar-refractivity contribution < 1.29 is 14.3 Å². The lowest BCUT2D eigenvalue weighted by Gasteiger charge is -2.31. The van der Waals surface area contributed by atoms with Crippen LogP contribution in [0.25, 0.3) is 6.08 Å². The topological polar surface area (TPSA) is 46.6 Å². The summed E-state index contributed by atoms with van der Waals surface area (Å²) < 4.78 is 6.07. The maximum atomic E-state index is 12.7. The van der Waals surface area contributed by atoms with Crippen molar-refractivity contribution in [2.75, 3.05) is 4.90 Å². The van der Waals surface area contributed by atoms with Crippen LogP contribution in [0, 0.1) is 0 Å². The number of hydrogen-bond donors (Lipinski definition) is 0. The van der Waals surface area contributed by atoms with Crippen molar-refractivity contribution in [2.24, 2.45) is 0 Å². The zero-order valence-corrected chi connectivity index (χ0v) is 17.1. The number of rotatable bonds is 2. The highest BCUT2D eigenvalue weighted by atomic mass is 32.1. The molecule has 1 aromatic heterocycles. The number of anilines is 3. The van der Waals surface area contributed by atoms with E-state index in [1.807, 2.05) is 60.7 Å². The first kappa shape index (κ1) is 17.9. The average Bonchev–Trinajstić information content (AvgIpc) is 3.36. The Morgan fingerprint density at radius 3 is 1.84 bits per heavy atom. The predicted molar refractivity (Wildman–Crippen MR) is 122 cm³/mol. The van der Waals surface area contributed by atoms with E-state index in [9.17, 15) is 9.59 Å². The van der Waals surface area contributed by atoms with Gasteiger partial charge in [-0.2, -0.15) is 0 Å². The molecule has 0 fully saturated rings. The largest absolute Gasteiger partial charge is 0.453 e. The number of fused-ring (bicyclic) bond motifs is 3. The van der Waals surface area contributed by atoms with Crippen LogP contribution in [0.2, 0.25) is 0 Å². The molecule has 4 nitrogen and oxygen atoms in total. The van der Waals surface area contributed by atoms with Gasteiger partial charge < -0.3 is 4.74 Å². The minimum atomic E-state index is -0.211. The van der Waals surface area contributed by atoms with Crippen LogP contribution in [-0.2, 0) is 0 Å². The SMILES string of the molecule is O=C1C(=Cc2ccc(N3c4ccccc4Oc4ccccc43)s2)C(=O)c2ccccc21. The molecule has 0 atom stereocenters. The summed E-state index contributed by atoms with van der Waals surface area (Å²) in [6.45, 7) is 0. The smallest absolute Gasteiger partial charge is 0.197 e. The number of ether oxygens (including phenoxy) is 1. The molecule has 0 radical (unpaired) electrons. The van der Waals surface area contributed by atoms with Gasteiger partial charge in [0.2, 0.25) is 0 Å². The maximum absolute atomic E-state index is 12.7. The number of ketones is 2. The summed E-state index contributed by atoms with van der Waals surface area (Å²) in [6, 6.07) is 26.7. The Kier molecular flexibility index (Phi) is 3.91. The molecule has 2 heterocycles. The molecule has 1 aliphatic heterocycles. The molecule has 0 saturated carbocycles. The Bertz CT molecular complexity index is 1330. The molecule has 4 aromatic rings. The van der Waals surface area contributed by atoms with Crippen molar-refractivity contribution in [1.29, 1.82) is 0 Å². The third-order valence-electron chi connectivity index (χ3n) is 5.46. The van der Waals surface area contributed by atoms with Crippen LogP contribution in [0.1, 0.15) is 25.6 Å². The molecule has 0 amide bonds. The second kappa shape index (κ2) is 6.79. The van der Waals surface area contributed by atoms with E-state index in [0.29, 0.717) is 11.1 Å². The van der Waals surface area contributed by atoms with Gasteiger partial charge in [-0.05, 0) is 42.5 Å². The van der Waals surface area contributed by atoms with Crippen molar-refractivity contribution in [3.05, 3.63) is 107 Å². The number of para-hydroxylation sites is 4. The van der Waals surface area contributed by atoms with E-state index < -0.39 is 0 Å². The van der Waals surface area contributed by atoms with Crippen molar-refractivity contribution in [1.82, 2.24) is 0 Å². The Hall–Kier alpha value is -3.96. The summed E-state index contributed by atoms with van der Waals surface area (Å²) >= 11 is 1.53. The maximum Gasteiger partial charge on any atom is 0.197 e. The van der Waals surface area contributed by atoms with Gasteiger partial charge in [0.25, 0.3) is 0 Å². The zero-order valence-electron chi connectivity index (χ0n) is 16.2. The van der Waals surface area contributed by atoms with Crippen molar-refractivity contribution >= 4 is 45.4 Å². The highest BCUT2D eigenvalue weighted by Gasteiger charge is 2.33. The fourth-order valence-corrected chi connectivity index (χ4v) is 5.01. The first-order valence-electron chi connectivity index (χ1n) is 9.87. The number of hydrogen-bond acceptors (Lipinski definition) is 5. The van der Waals surface area contributed by atoms with Gasteiger partial charge in [-0.3, -0.25) is 14.5 Å². The molecule has 0 N–H and O–H groups in total. The molecule has 31 heavy (non-hydrogen) atoms. The molecule has 2 aliphatic rings. The Morgan fingerprint density at radius 1 is 0.677 bits per heavy atom. The first-order chi connectivity index (χ1) is 15.2. The minimum Gasteiger partial charge on any atom is -0.453 e. The van der Waals surface area contributed by atoms with Crippen LogP contribution in [0.4, 0.5) is 16.4 Å². The van der Waals surface area contributed by atoms with E-state index in [0.717, 1.165) is 32.8 Å². The summed E-state index contributed by atoms with van der Waals surface area (Å²) in [5.74, 6) is 1.15. The standard InChI is InChI=1S/C26H15NO3S/c28-25-17-7-1-2-8-18(17)26(29)19(25)15-16-13-14-24(31-16)27-20-9-3-5-11-22(20)30-23-12-6-4-10-21(23)27/h1-15H. The van der Waals surface area contributed by atoms with Gasteiger partial charge in [0.15, 0.2) is 23.1 Å². The van der Waals surface area contributed by atoms with Crippen LogP contribution in [0.3, 0.4) is 0 Å². The van der Waals surface area contributed by atoms with E-state index >= 15 is 0 Å². The summed E-state index contributed by atoms with van der Waals surface area (Å²) in [4.78, 5) is 28.5. The number of carbonyl (C=O) groups excluding carboxylic acids is 2. The molecule has 0 saturated heterocycles. The quantitative estimate of drug-likeness (QED) is 0.233. The molecule has 148 valence electrons. The lowest BCUT2D eigenvalue weighted by atomic mass is 10.1. The van der Waals surface area contributed by atoms with Crippen LogP contribution in [0.15, 0.2) is 90.5 Å². The van der Waals surface area contributed by atoms with Gasteiger partial charge in [0.05, 0.1) is 16.9 Å². The highest BCUT2D eigenvalue weighted by molar-refractivity contribution is 7.17. The lowest BCUT2D eigenvalue weighted by Crippen LogP contribution is -2.14. The van der Waals surface area contributed by atoms with Crippen LogP contribution >= 0.6 is 11.3 Å². The third-order valence-corrected chi connectivity index (χ3v) is 6.47. The summed E-state index contributed by atoms with van der Waals surface area (Å²) in [7, 11) is 0. The Balaban J connectivity index is 1.43. The van der Waals surface area contributed by atoms with Crippen LogP contribution in [0.5, 0.6) is 11.5 Å². The van der Waals surface area contributed by atoms with E-state index in [1.165, 1.54) is 11.3 Å². The molecular weight excluding hydrogens is 406 g/mol. The number of allylic oxidation sites excluding steroid dienone is 1. The van der Waals surface area contributed by atoms with Gasteiger partial charge in [0, 0.05) is 16.0 Å². The second-order valence-electron chi connectivity index (χ2n) is 7.31. The molecule has 3 aromatic carbocycles. The molecule has 5 heteroatoms. The second-order valence-corrected chi connectivity index (χ2v) is 8.40. The zero-order chi connectivity index (χ0) is 20.9. The van der Waals surface area contributed by atoms with E-state index in [1.54, 1.807) is 30.3 Å². The number of benzene rings is 3. The van der Waals surface area contributed by atoms with Gasteiger partial charge in [0.1, 0.15) is 5.00 Å². The molecule has 6 rings (SSSR count). The van der Waals surface area contributed by atoms with Gasteiger partial charge >= 0.3 is 0 Å². The molecule has 0 unspecified atom stereocenters. The Morgan fingerprint density at radius 2 is 1.23 bits per heavy atom. The van der Waals surface area contributed by atoms with Gasteiger partial charge in [-0.25, -0.2) is 0 Å². The summed E-state index contributed by atoms with van der Waals surface area (Å²) in [5, 5.41) is 0.977. The summed E-state index contributed by atoms with van der Waals surface area (Å²) in [5.41, 5.74) is 3.07. The minimum absolute atomic E-state index is 0.211. The monoisotopic (exact) mass is 421 g/mol. The van der Waals surface area contributed by atoms with Crippen molar-refractivity contribution in [3.63, 3.8) is 0 Å². The summed E-state index contributed by atoms with van der Waals surface area (Å²) in [6.07, 6.45) is 1.71. The highest BCUT2D eigenvalue weighted by Crippen LogP contribution is 2.51. The number of nitrogens with zero attached hydrogens (tertiary/aromatic N) is 1.